The topological polar surface area (TPSA) is 35.2 Å². The molecular formula is C19H25NO. The van der Waals surface area contributed by atoms with Crippen molar-refractivity contribution < 1.29 is 4.74 Å². The van der Waals surface area contributed by atoms with E-state index in [4.69, 9.17) is 10.5 Å². The first-order chi connectivity index (χ1) is 10.1. The van der Waals surface area contributed by atoms with Crippen molar-refractivity contribution in [2.45, 2.75) is 39.2 Å². The highest BCUT2D eigenvalue weighted by atomic mass is 16.5. The summed E-state index contributed by atoms with van der Waals surface area (Å²) in [5.41, 5.74) is 9.84. The van der Waals surface area contributed by atoms with Gasteiger partial charge in [0, 0.05) is 0 Å². The van der Waals surface area contributed by atoms with E-state index in [2.05, 4.69) is 57.2 Å². The highest BCUT2D eigenvalue weighted by molar-refractivity contribution is 5.36. The van der Waals surface area contributed by atoms with Crippen LogP contribution in [0.15, 0.2) is 48.5 Å². The Labute approximate surface area is 127 Å². The molecule has 2 N–H and O–H groups in total. The van der Waals surface area contributed by atoms with Crippen molar-refractivity contribution in [3.05, 3.63) is 65.2 Å². The lowest BCUT2D eigenvalue weighted by Crippen LogP contribution is -2.19. The largest absolute Gasteiger partial charge is 0.491 e. The zero-order valence-corrected chi connectivity index (χ0v) is 13.2. The fraction of sp³-hybridized carbons (Fsp3) is 0.368. The van der Waals surface area contributed by atoms with Crippen LogP contribution >= 0.6 is 0 Å². The predicted molar refractivity (Wildman–Crippen MR) is 88.8 cm³/mol. The molecule has 2 nitrogen and oxygen atoms in total. The quantitative estimate of drug-likeness (QED) is 0.841. The molecule has 21 heavy (non-hydrogen) atoms. The molecule has 112 valence electrons. The molecular weight excluding hydrogens is 258 g/mol. The van der Waals surface area contributed by atoms with E-state index in [1.54, 1.807) is 0 Å². The zero-order valence-electron chi connectivity index (χ0n) is 13.2. The monoisotopic (exact) mass is 283 g/mol. The minimum Gasteiger partial charge on any atom is -0.491 e. The van der Waals surface area contributed by atoms with Crippen LogP contribution < -0.4 is 10.5 Å². The molecule has 0 aliphatic heterocycles. The number of aryl methyl sites for hydroxylation is 1. The molecule has 0 saturated heterocycles. The van der Waals surface area contributed by atoms with Crippen LogP contribution in [0.2, 0.25) is 0 Å². The minimum atomic E-state index is -0.101. The number of para-hydroxylation sites is 1. The van der Waals surface area contributed by atoms with Gasteiger partial charge in [0.2, 0.25) is 0 Å². The molecule has 0 aromatic heterocycles. The smallest absolute Gasteiger partial charge is 0.122 e. The molecule has 0 bridgehead atoms. The number of benzene rings is 2. The summed E-state index contributed by atoms with van der Waals surface area (Å²) in [4.78, 5) is 0. The molecule has 2 heteroatoms. The molecule has 0 radical (unpaired) electrons. The van der Waals surface area contributed by atoms with Crippen LogP contribution in [-0.2, 0) is 0 Å². The van der Waals surface area contributed by atoms with E-state index in [0.29, 0.717) is 12.5 Å². The van der Waals surface area contributed by atoms with Gasteiger partial charge in [0.1, 0.15) is 12.4 Å². The van der Waals surface area contributed by atoms with Crippen LogP contribution in [0.3, 0.4) is 0 Å². The summed E-state index contributed by atoms with van der Waals surface area (Å²) in [7, 11) is 0. The molecule has 0 fully saturated rings. The van der Waals surface area contributed by atoms with Gasteiger partial charge in [0.05, 0.1) is 6.04 Å². The van der Waals surface area contributed by atoms with E-state index < -0.39 is 0 Å². The standard InChI is InChI=1S/C19H25NO/c1-4-15(3)17-7-5-6-8-19(17)21-13-18(20)16-11-9-14(2)10-12-16/h5-12,15,18H,4,13,20H2,1-3H3. The lowest BCUT2D eigenvalue weighted by Gasteiger charge is -2.18. The van der Waals surface area contributed by atoms with Gasteiger partial charge in [-0.3, -0.25) is 0 Å². The molecule has 2 aromatic rings. The highest BCUT2D eigenvalue weighted by Gasteiger charge is 2.12. The van der Waals surface area contributed by atoms with Crippen LogP contribution in [0.4, 0.5) is 0 Å². The molecule has 2 rings (SSSR count). The first-order valence-electron chi connectivity index (χ1n) is 7.65. The van der Waals surface area contributed by atoms with Crippen LogP contribution in [0.5, 0.6) is 5.75 Å². The number of hydrogen-bond acceptors (Lipinski definition) is 2. The van der Waals surface area contributed by atoms with E-state index in [9.17, 15) is 0 Å². The number of rotatable bonds is 6. The van der Waals surface area contributed by atoms with Crippen LogP contribution in [0.25, 0.3) is 0 Å². The van der Waals surface area contributed by atoms with Gasteiger partial charge in [0.25, 0.3) is 0 Å². The molecule has 0 spiro atoms. The van der Waals surface area contributed by atoms with Gasteiger partial charge in [-0.15, -0.1) is 0 Å². The SMILES string of the molecule is CCC(C)c1ccccc1OCC(N)c1ccc(C)cc1. The summed E-state index contributed by atoms with van der Waals surface area (Å²) in [5, 5.41) is 0. The third-order valence-corrected chi connectivity index (χ3v) is 3.99. The van der Waals surface area contributed by atoms with Crippen molar-refractivity contribution in [2.24, 2.45) is 5.73 Å². The molecule has 2 atom stereocenters. The fourth-order valence-electron chi connectivity index (χ4n) is 2.33. The van der Waals surface area contributed by atoms with Gasteiger partial charge in [-0.1, -0.05) is 61.9 Å². The van der Waals surface area contributed by atoms with E-state index in [-0.39, 0.29) is 6.04 Å². The Kier molecular flexibility index (Phi) is 5.40. The average Bonchev–Trinajstić information content (AvgIpc) is 2.52. The molecule has 0 amide bonds. The van der Waals surface area contributed by atoms with Gasteiger partial charge in [-0.2, -0.15) is 0 Å². The molecule has 2 aromatic carbocycles. The maximum atomic E-state index is 6.23. The van der Waals surface area contributed by atoms with Crippen molar-refractivity contribution in [1.29, 1.82) is 0 Å². The van der Waals surface area contributed by atoms with Gasteiger partial charge >= 0.3 is 0 Å². The van der Waals surface area contributed by atoms with E-state index >= 15 is 0 Å². The fourth-order valence-corrected chi connectivity index (χ4v) is 2.33. The predicted octanol–water partition coefficient (Wildman–Crippen LogP) is 4.59. The Morgan fingerprint density at radius 2 is 1.71 bits per heavy atom. The average molecular weight is 283 g/mol. The van der Waals surface area contributed by atoms with Crippen molar-refractivity contribution >= 4 is 0 Å². The Hall–Kier alpha value is -1.80. The number of nitrogens with two attached hydrogens (primary N) is 1. The summed E-state index contributed by atoms with van der Waals surface area (Å²) >= 11 is 0. The summed E-state index contributed by atoms with van der Waals surface area (Å²) in [6.45, 7) is 6.99. The molecule has 0 heterocycles. The third-order valence-electron chi connectivity index (χ3n) is 3.99. The minimum absolute atomic E-state index is 0.101. The lowest BCUT2D eigenvalue weighted by atomic mass is 9.98. The van der Waals surface area contributed by atoms with Crippen LogP contribution in [0, 0.1) is 6.92 Å². The summed E-state index contributed by atoms with van der Waals surface area (Å²) in [6, 6.07) is 16.5. The highest BCUT2D eigenvalue weighted by Crippen LogP contribution is 2.29. The normalized spacial score (nSPS) is 13.7. The second kappa shape index (κ2) is 7.28. The number of hydrogen-bond donors (Lipinski definition) is 1. The Morgan fingerprint density at radius 1 is 1.05 bits per heavy atom. The third kappa shape index (κ3) is 4.08. The van der Waals surface area contributed by atoms with Gasteiger partial charge in [0.15, 0.2) is 0 Å². The first kappa shape index (κ1) is 15.6. The Bertz CT molecular complexity index is 562. The maximum Gasteiger partial charge on any atom is 0.122 e. The molecule has 0 saturated carbocycles. The lowest BCUT2D eigenvalue weighted by molar-refractivity contribution is 0.286. The maximum absolute atomic E-state index is 6.23. The summed E-state index contributed by atoms with van der Waals surface area (Å²) in [5.74, 6) is 1.45. The van der Waals surface area contributed by atoms with Crippen molar-refractivity contribution in [3.8, 4) is 5.75 Å². The van der Waals surface area contributed by atoms with Crippen LogP contribution in [-0.4, -0.2) is 6.61 Å². The first-order valence-corrected chi connectivity index (χ1v) is 7.65. The van der Waals surface area contributed by atoms with E-state index in [1.807, 2.05) is 12.1 Å². The Balaban J connectivity index is 2.04. The van der Waals surface area contributed by atoms with Gasteiger partial charge in [-0.25, -0.2) is 0 Å². The van der Waals surface area contributed by atoms with E-state index in [1.165, 1.54) is 11.1 Å². The molecule has 0 aliphatic rings. The van der Waals surface area contributed by atoms with Gasteiger partial charge < -0.3 is 10.5 Å². The number of ether oxygens (including phenoxy) is 1. The summed E-state index contributed by atoms with van der Waals surface area (Å²) < 4.78 is 5.98. The van der Waals surface area contributed by atoms with Crippen molar-refractivity contribution in [1.82, 2.24) is 0 Å². The second-order valence-corrected chi connectivity index (χ2v) is 5.68. The molecule has 0 aliphatic carbocycles. The van der Waals surface area contributed by atoms with Gasteiger partial charge in [-0.05, 0) is 36.5 Å². The summed E-state index contributed by atoms with van der Waals surface area (Å²) in [6.07, 6.45) is 1.10. The zero-order chi connectivity index (χ0) is 15.2. The van der Waals surface area contributed by atoms with Crippen LogP contribution in [0.1, 0.15) is 48.9 Å². The second-order valence-electron chi connectivity index (χ2n) is 5.68. The molecule has 2 unspecified atom stereocenters. The Morgan fingerprint density at radius 3 is 2.38 bits per heavy atom. The van der Waals surface area contributed by atoms with E-state index in [0.717, 1.165) is 17.7 Å². The van der Waals surface area contributed by atoms with Crippen molar-refractivity contribution in [2.75, 3.05) is 6.61 Å². The van der Waals surface area contributed by atoms with Crippen molar-refractivity contribution in [3.63, 3.8) is 0 Å².